The van der Waals surface area contributed by atoms with Crippen molar-refractivity contribution in [2.24, 2.45) is 0 Å². The molecular weight excluding hydrogens is 256 g/mol. The topological polar surface area (TPSA) is 52.9 Å². The molecule has 3 nitrogen and oxygen atoms in total. The average Bonchev–Trinajstić information content (AvgIpc) is 2.93. The van der Waals surface area contributed by atoms with Crippen LogP contribution in [0.15, 0.2) is 17.5 Å². The van der Waals surface area contributed by atoms with Crippen molar-refractivity contribution in [1.29, 1.82) is 5.26 Å². The quantitative estimate of drug-likeness (QED) is 0.896. The number of rotatable bonds is 5. The van der Waals surface area contributed by atoms with E-state index in [1.54, 1.807) is 11.3 Å². The molecule has 102 valence electrons. The Hall–Kier alpha value is -1.34. The molecule has 0 saturated heterocycles. The van der Waals surface area contributed by atoms with Crippen molar-refractivity contribution in [3.63, 3.8) is 0 Å². The number of aryl methyl sites for hydroxylation is 1. The van der Waals surface area contributed by atoms with Crippen LogP contribution in [0.1, 0.15) is 49.8 Å². The second-order valence-corrected chi connectivity index (χ2v) is 6.27. The lowest BCUT2D eigenvalue weighted by molar-refractivity contribution is -0.122. The molecule has 1 saturated carbocycles. The Morgan fingerprint density at radius 2 is 2.21 bits per heavy atom. The molecule has 1 aromatic rings. The minimum absolute atomic E-state index is 0.0278. The Balaban J connectivity index is 1.75. The molecule has 4 heteroatoms. The summed E-state index contributed by atoms with van der Waals surface area (Å²) in [6.07, 6.45) is 7.20. The van der Waals surface area contributed by atoms with Gasteiger partial charge in [-0.1, -0.05) is 25.3 Å². The summed E-state index contributed by atoms with van der Waals surface area (Å²) in [5.41, 5.74) is -0.585. The molecule has 1 heterocycles. The van der Waals surface area contributed by atoms with Gasteiger partial charge in [-0.3, -0.25) is 4.79 Å². The summed E-state index contributed by atoms with van der Waals surface area (Å²) >= 11 is 1.73. The number of hydrogen-bond acceptors (Lipinski definition) is 3. The SMILES string of the molecule is N#CC1(NC(=O)CCCc2cccs2)CCCCC1. The summed E-state index contributed by atoms with van der Waals surface area (Å²) in [6.45, 7) is 0. The van der Waals surface area contributed by atoms with Crippen LogP contribution in [0.5, 0.6) is 0 Å². The molecule has 0 spiro atoms. The van der Waals surface area contributed by atoms with Gasteiger partial charge in [0.1, 0.15) is 5.54 Å². The van der Waals surface area contributed by atoms with Crippen LogP contribution < -0.4 is 5.32 Å². The highest BCUT2D eigenvalue weighted by Crippen LogP contribution is 2.27. The number of thiophene rings is 1. The van der Waals surface area contributed by atoms with Crippen LogP contribution in [0.25, 0.3) is 0 Å². The van der Waals surface area contributed by atoms with Gasteiger partial charge in [-0.05, 0) is 37.1 Å². The summed E-state index contributed by atoms with van der Waals surface area (Å²) in [6, 6.07) is 6.45. The zero-order valence-electron chi connectivity index (χ0n) is 11.2. The van der Waals surface area contributed by atoms with Gasteiger partial charge in [0.25, 0.3) is 0 Å². The second-order valence-electron chi connectivity index (χ2n) is 5.24. The standard InChI is InChI=1S/C15H20N2OS/c16-12-15(9-2-1-3-10-15)17-14(18)8-4-6-13-7-5-11-19-13/h5,7,11H,1-4,6,8-10H2,(H,17,18). The normalized spacial score (nSPS) is 17.6. The van der Waals surface area contributed by atoms with Gasteiger partial charge in [-0.15, -0.1) is 11.3 Å². The third-order valence-corrected chi connectivity index (χ3v) is 4.64. The average molecular weight is 276 g/mol. The number of carbonyl (C=O) groups excluding carboxylic acids is 1. The van der Waals surface area contributed by atoms with E-state index >= 15 is 0 Å². The van der Waals surface area contributed by atoms with E-state index in [0.717, 1.165) is 38.5 Å². The molecule has 2 rings (SSSR count). The largest absolute Gasteiger partial charge is 0.338 e. The first-order chi connectivity index (χ1) is 9.24. The fourth-order valence-electron chi connectivity index (χ4n) is 2.63. The molecule has 0 aromatic carbocycles. The van der Waals surface area contributed by atoms with Gasteiger partial charge >= 0.3 is 0 Å². The van der Waals surface area contributed by atoms with E-state index in [2.05, 4.69) is 22.8 Å². The highest BCUT2D eigenvalue weighted by molar-refractivity contribution is 7.09. The number of carbonyl (C=O) groups is 1. The third kappa shape index (κ3) is 4.07. The van der Waals surface area contributed by atoms with Gasteiger partial charge < -0.3 is 5.32 Å². The monoisotopic (exact) mass is 276 g/mol. The first-order valence-electron chi connectivity index (χ1n) is 6.99. The molecule has 0 aliphatic heterocycles. The highest BCUT2D eigenvalue weighted by Gasteiger charge is 2.33. The van der Waals surface area contributed by atoms with Crippen molar-refractivity contribution in [2.45, 2.75) is 56.9 Å². The van der Waals surface area contributed by atoms with E-state index in [1.807, 2.05) is 6.07 Å². The van der Waals surface area contributed by atoms with Crippen molar-refractivity contribution in [3.8, 4) is 6.07 Å². The lowest BCUT2D eigenvalue weighted by atomic mass is 9.83. The van der Waals surface area contributed by atoms with E-state index < -0.39 is 5.54 Å². The van der Waals surface area contributed by atoms with Gasteiger partial charge in [0.2, 0.25) is 5.91 Å². The third-order valence-electron chi connectivity index (χ3n) is 3.71. The van der Waals surface area contributed by atoms with Crippen molar-refractivity contribution in [1.82, 2.24) is 5.32 Å². The maximum atomic E-state index is 11.9. The highest BCUT2D eigenvalue weighted by atomic mass is 32.1. The van der Waals surface area contributed by atoms with Gasteiger partial charge in [0, 0.05) is 11.3 Å². The number of amides is 1. The molecule has 0 radical (unpaired) electrons. The van der Waals surface area contributed by atoms with E-state index in [-0.39, 0.29) is 5.91 Å². The smallest absolute Gasteiger partial charge is 0.221 e. The molecule has 1 N–H and O–H groups in total. The van der Waals surface area contributed by atoms with Crippen LogP contribution in [0, 0.1) is 11.3 Å². The van der Waals surface area contributed by atoms with Gasteiger partial charge in [0.05, 0.1) is 6.07 Å². The van der Waals surface area contributed by atoms with Crippen LogP contribution >= 0.6 is 11.3 Å². The molecule has 0 bridgehead atoms. The summed E-state index contributed by atoms with van der Waals surface area (Å²) in [4.78, 5) is 13.3. The van der Waals surface area contributed by atoms with Crippen LogP contribution in [0.2, 0.25) is 0 Å². The number of nitrogens with one attached hydrogen (secondary N) is 1. The van der Waals surface area contributed by atoms with E-state index in [0.29, 0.717) is 6.42 Å². The minimum Gasteiger partial charge on any atom is -0.338 e. The summed E-state index contributed by atoms with van der Waals surface area (Å²) in [7, 11) is 0. The summed E-state index contributed by atoms with van der Waals surface area (Å²) in [5.74, 6) is 0.0278. The maximum absolute atomic E-state index is 11.9. The number of nitriles is 1. The molecule has 1 amide bonds. The Kier molecular flexibility index (Phi) is 4.98. The van der Waals surface area contributed by atoms with Gasteiger partial charge in [0.15, 0.2) is 0 Å². The van der Waals surface area contributed by atoms with Crippen LogP contribution in [0.4, 0.5) is 0 Å². The molecule has 0 unspecified atom stereocenters. The Bertz CT molecular complexity index is 441. The van der Waals surface area contributed by atoms with Crippen molar-refractivity contribution in [2.75, 3.05) is 0 Å². The molecule has 19 heavy (non-hydrogen) atoms. The summed E-state index contributed by atoms with van der Waals surface area (Å²) in [5, 5.41) is 14.3. The molecule has 0 atom stereocenters. The fourth-order valence-corrected chi connectivity index (χ4v) is 3.38. The molecule has 1 aliphatic rings. The van der Waals surface area contributed by atoms with Crippen molar-refractivity contribution >= 4 is 17.2 Å². The summed E-state index contributed by atoms with van der Waals surface area (Å²) < 4.78 is 0. The predicted octanol–water partition coefficient (Wildman–Crippen LogP) is 3.41. The number of hydrogen-bond donors (Lipinski definition) is 1. The molecule has 1 fully saturated rings. The second kappa shape index (κ2) is 6.72. The van der Waals surface area contributed by atoms with E-state index in [9.17, 15) is 10.1 Å². The fraction of sp³-hybridized carbons (Fsp3) is 0.600. The van der Waals surface area contributed by atoms with E-state index in [4.69, 9.17) is 0 Å². The molecular formula is C15H20N2OS. The van der Waals surface area contributed by atoms with Gasteiger partial charge in [-0.2, -0.15) is 5.26 Å². The maximum Gasteiger partial charge on any atom is 0.221 e. The Morgan fingerprint density at radius 3 is 2.84 bits per heavy atom. The lowest BCUT2D eigenvalue weighted by Gasteiger charge is -2.31. The van der Waals surface area contributed by atoms with Gasteiger partial charge in [-0.25, -0.2) is 0 Å². The first-order valence-corrected chi connectivity index (χ1v) is 7.87. The van der Waals surface area contributed by atoms with Crippen LogP contribution in [-0.2, 0) is 11.2 Å². The first kappa shape index (κ1) is 14.1. The van der Waals surface area contributed by atoms with E-state index in [1.165, 1.54) is 11.3 Å². The minimum atomic E-state index is -0.585. The van der Waals surface area contributed by atoms with Crippen LogP contribution in [0.3, 0.4) is 0 Å². The Labute approximate surface area is 118 Å². The Morgan fingerprint density at radius 1 is 1.42 bits per heavy atom. The van der Waals surface area contributed by atoms with Crippen LogP contribution in [-0.4, -0.2) is 11.4 Å². The molecule has 1 aromatic heterocycles. The van der Waals surface area contributed by atoms with Crippen molar-refractivity contribution in [3.05, 3.63) is 22.4 Å². The lowest BCUT2D eigenvalue weighted by Crippen LogP contribution is -2.48. The van der Waals surface area contributed by atoms with Crippen molar-refractivity contribution < 1.29 is 4.79 Å². The number of nitrogens with zero attached hydrogens (tertiary/aromatic N) is 1. The predicted molar refractivity (Wildman–Crippen MR) is 76.8 cm³/mol. The molecule has 1 aliphatic carbocycles. The zero-order chi connectivity index (χ0) is 13.6. The zero-order valence-corrected chi connectivity index (χ0v) is 12.0.